The first kappa shape index (κ1) is 40.2. The van der Waals surface area contributed by atoms with Crippen LogP contribution in [0.4, 0.5) is 0 Å². The molecule has 0 bridgehead atoms. The van der Waals surface area contributed by atoms with Crippen LogP contribution in [0.25, 0.3) is 11.3 Å². The number of benzene rings is 1. The maximum atomic E-state index is 14.9. The third kappa shape index (κ3) is 7.12. The van der Waals surface area contributed by atoms with E-state index in [2.05, 4.69) is 87.0 Å². The van der Waals surface area contributed by atoms with Gasteiger partial charge >= 0.3 is 5.97 Å². The first-order valence-electron chi connectivity index (χ1n) is 21.5. The predicted octanol–water partition coefficient (Wildman–Crippen LogP) is 7.76. The van der Waals surface area contributed by atoms with Gasteiger partial charge in [-0.3, -0.25) is 9.59 Å². The molecule has 1 heterocycles. The summed E-state index contributed by atoms with van der Waals surface area (Å²) in [5.41, 5.74) is 7.69. The first-order valence-corrected chi connectivity index (χ1v) is 21.5. The average Bonchev–Trinajstić information content (AvgIpc) is 3.79. The van der Waals surface area contributed by atoms with Gasteiger partial charge < -0.3 is 30.0 Å². The van der Waals surface area contributed by atoms with Gasteiger partial charge in [0.15, 0.2) is 0 Å². The van der Waals surface area contributed by atoms with E-state index in [1.165, 1.54) is 12.8 Å². The van der Waals surface area contributed by atoms with Crippen molar-refractivity contribution in [1.29, 1.82) is 0 Å². The van der Waals surface area contributed by atoms with Gasteiger partial charge in [-0.25, -0.2) is 4.98 Å². The monoisotopic (exact) mass is 756 g/mol. The van der Waals surface area contributed by atoms with Gasteiger partial charge in [-0.2, -0.15) is 0 Å². The fourth-order valence-electron chi connectivity index (χ4n) is 13.3. The number of rotatable bonds is 11. The SMILES string of the molecule is CN(C)CCn1cc(-c2ccccc2)nc1C(C)(C)NC(=O)C12CCCC1C1CCC3C4(C)CCC(OC(=O)CC(C)(C)C=O)C(N)C4CCC3(C)C1CC2. The fourth-order valence-corrected chi connectivity index (χ4v) is 13.3. The molecule has 10 unspecified atom stereocenters. The molecule has 0 spiro atoms. The Balaban J connectivity index is 1.07. The van der Waals surface area contributed by atoms with Crippen LogP contribution in [0.2, 0.25) is 0 Å². The minimum Gasteiger partial charge on any atom is -0.461 e. The van der Waals surface area contributed by atoms with Crippen LogP contribution in [0, 0.1) is 51.2 Å². The van der Waals surface area contributed by atoms with Crippen molar-refractivity contribution >= 4 is 18.2 Å². The topological polar surface area (TPSA) is 120 Å². The van der Waals surface area contributed by atoms with Gasteiger partial charge in [-0.15, -0.1) is 0 Å². The highest BCUT2D eigenvalue weighted by molar-refractivity contribution is 5.84. The lowest BCUT2D eigenvalue weighted by molar-refractivity contribution is -0.194. The third-order valence-electron chi connectivity index (χ3n) is 16.0. The summed E-state index contributed by atoms with van der Waals surface area (Å²) in [4.78, 5) is 46.7. The summed E-state index contributed by atoms with van der Waals surface area (Å²) >= 11 is 0. The van der Waals surface area contributed by atoms with E-state index >= 15 is 0 Å². The largest absolute Gasteiger partial charge is 0.461 e. The Kier molecular flexibility index (Phi) is 10.7. The van der Waals surface area contributed by atoms with Crippen LogP contribution in [0.1, 0.15) is 124 Å². The second-order valence-electron chi connectivity index (χ2n) is 20.6. The van der Waals surface area contributed by atoms with E-state index in [9.17, 15) is 14.4 Å². The number of amides is 1. The number of ether oxygens (including phenoxy) is 1. The van der Waals surface area contributed by atoms with E-state index in [0.29, 0.717) is 29.6 Å². The summed E-state index contributed by atoms with van der Waals surface area (Å²) in [5, 5.41) is 3.64. The van der Waals surface area contributed by atoms with E-state index in [1.54, 1.807) is 13.8 Å². The molecule has 55 heavy (non-hydrogen) atoms. The van der Waals surface area contributed by atoms with Crippen molar-refractivity contribution in [2.24, 2.45) is 57.0 Å². The Morgan fingerprint density at radius 1 is 0.945 bits per heavy atom. The second-order valence-corrected chi connectivity index (χ2v) is 20.6. The Labute approximate surface area is 330 Å². The Morgan fingerprint density at radius 3 is 2.35 bits per heavy atom. The molecule has 5 aliphatic rings. The predicted molar refractivity (Wildman–Crippen MR) is 217 cm³/mol. The summed E-state index contributed by atoms with van der Waals surface area (Å²) in [6.07, 6.45) is 14.4. The molecule has 0 saturated heterocycles. The van der Waals surface area contributed by atoms with Crippen LogP contribution in [0.15, 0.2) is 36.5 Å². The highest BCUT2D eigenvalue weighted by Crippen LogP contribution is 2.71. The number of nitrogens with zero attached hydrogens (tertiary/aromatic N) is 3. The quantitative estimate of drug-likeness (QED) is 0.178. The van der Waals surface area contributed by atoms with Crippen molar-refractivity contribution < 1.29 is 19.1 Å². The molecule has 7 rings (SSSR count). The second kappa shape index (κ2) is 14.7. The summed E-state index contributed by atoms with van der Waals surface area (Å²) in [5.74, 6) is 3.28. The van der Waals surface area contributed by atoms with Crippen molar-refractivity contribution in [3.63, 3.8) is 0 Å². The molecule has 1 aromatic carbocycles. The molecule has 3 N–H and O–H groups in total. The number of fused-ring (bicyclic) bond motifs is 7. The maximum Gasteiger partial charge on any atom is 0.307 e. The summed E-state index contributed by atoms with van der Waals surface area (Å²) in [7, 11) is 4.19. The van der Waals surface area contributed by atoms with Crippen LogP contribution >= 0.6 is 0 Å². The lowest BCUT2D eigenvalue weighted by Crippen LogP contribution is -2.65. The number of esters is 1. The molecule has 0 radical (unpaired) electrons. The number of imidazole rings is 1. The number of likely N-dealkylation sites (N-methyl/N-ethyl adjacent to an activating group) is 1. The van der Waals surface area contributed by atoms with Crippen molar-refractivity contribution in [2.75, 3.05) is 20.6 Å². The number of hydrogen-bond donors (Lipinski definition) is 2. The van der Waals surface area contributed by atoms with Crippen LogP contribution in [-0.4, -0.2) is 65.4 Å². The highest BCUT2D eigenvalue weighted by Gasteiger charge is 2.66. The van der Waals surface area contributed by atoms with Gasteiger partial charge in [-0.1, -0.05) is 64.4 Å². The molecular formula is C46H69N5O4. The van der Waals surface area contributed by atoms with Gasteiger partial charge in [-0.05, 0) is 133 Å². The van der Waals surface area contributed by atoms with Crippen LogP contribution < -0.4 is 11.1 Å². The fraction of sp³-hybridized carbons (Fsp3) is 0.739. The molecule has 5 aliphatic carbocycles. The number of hydrogen-bond acceptors (Lipinski definition) is 7. The van der Waals surface area contributed by atoms with E-state index in [1.807, 2.05) is 6.07 Å². The van der Waals surface area contributed by atoms with Crippen molar-refractivity contribution in [3.8, 4) is 11.3 Å². The number of carbonyl (C=O) groups is 3. The molecule has 302 valence electrons. The number of aromatic nitrogens is 2. The number of carbonyl (C=O) groups excluding carboxylic acids is 3. The number of nitrogens with two attached hydrogens (primary N) is 1. The minimum absolute atomic E-state index is 0.0833. The summed E-state index contributed by atoms with van der Waals surface area (Å²) in [6, 6.07) is 10.2. The molecule has 9 heteroatoms. The smallest absolute Gasteiger partial charge is 0.307 e. The molecule has 1 aromatic heterocycles. The molecule has 10 atom stereocenters. The Hall–Kier alpha value is -3.04. The molecule has 5 fully saturated rings. The van der Waals surface area contributed by atoms with Gasteiger partial charge in [0.25, 0.3) is 0 Å². The Bertz CT molecular complexity index is 1740. The van der Waals surface area contributed by atoms with Gasteiger partial charge in [0.1, 0.15) is 18.2 Å². The zero-order valence-electron chi connectivity index (χ0n) is 35.0. The van der Waals surface area contributed by atoms with Crippen molar-refractivity contribution in [2.45, 2.75) is 143 Å². The van der Waals surface area contributed by atoms with Crippen LogP contribution in [0.3, 0.4) is 0 Å². The van der Waals surface area contributed by atoms with Crippen LogP contribution in [-0.2, 0) is 31.2 Å². The zero-order chi connectivity index (χ0) is 39.6. The van der Waals surface area contributed by atoms with Crippen molar-refractivity contribution in [3.05, 3.63) is 42.4 Å². The first-order chi connectivity index (χ1) is 25.9. The number of nitrogens with one attached hydrogen (secondary N) is 1. The van der Waals surface area contributed by atoms with Gasteiger partial charge in [0, 0.05) is 36.3 Å². The lowest BCUT2D eigenvalue weighted by atomic mass is 9.38. The molecule has 0 aliphatic heterocycles. The zero-order valence-corrected chi connectivity index (χ0v) is 35.0. The van der Waals surface area contributed by atoms with Gasteiger partial charge in [0.05, 0.1) is 23.1 Å². The molecule has 2 aromatic rings. The van der Waals surface area contributed by atoms with E-state index in [-0.39, 0.29) is 46.7 Å². The molecular weight excluding hydrogens is 687 g/mol. The van der Waals surface area contributed by atoms with Crippen LogP contribution in [0.5, 0.6) is 0 Å². The standard InChI is InChI=1S/C46H69N5O4/c1-42(2,29-52)27-38(53)55-36-20-23-45(6)34(39(36)47)18-22-44(5)32-19-24-46(21-12-15-33(46)31(32)16-17-37(44)45)41(54)49-43(3,4)40-48-35(30-13-10-9-11-14-30)28-51(40)26-25-50(7)8/h9-11,13-14,28-29,31-34,36-37,39H,12,15-27,47H2,1-8H3,(H,49,54). The number of aldehydes is 1. The molecule has 9 nitrogen and oxygen atoms in total. The van der Waals surface area contributed by atoms with E-state index in [0.717, 1.165) is 94.2 Å². The third-order valence-corrected chi connectivity index (χ3v) is 16.0. The van der Waals surface area contributed by atoms with E-state index < -0.39 is 11.0 Å². The lowest BCUT2D eigenvalue weighted by Gasteiger charge is -2.67. The van der Waals surface area contributed by atoms with Crippen molar-refractivity contribution in [1.82, 2.24) is 19.8 Å². The minimum atomic E-state index is -0.731. The van der Waals surface area contributed by atoms with E-state index in [4.69, 9.17) is 15.5 Å². The summed E-state index contributed by atoms with van der Waals surface area (Å²) < 4.78 is 8.26. The average molecular weight is 756 g/mol. The maximum absolute atomic E-state index is 14.9. The highest BCUT2D eigenvalue weighted by atomic mass is 16.5. The summed E-state index contributed by atoms with van der Waals surface area (Å²) in [6.45, 7) is 14.6. The normalized spacial score (nSPS) is 35.9. The molecule has 1 amide bonds. The van der Waals surface area contributed by atoms with Gasteiger partial charge in [0.2, 0.25) is 5.91 Å². The molecule has 5 saturated carbocycles. The Morgan fingerprint density at radius 2 is 1.64 bits per heavy atom.